The minimum Gasteiger partial charge on any atom is -0.495 e. The van der Waals surface area contributed by atoms with E-state index in [1.165, 1.54) is 0 Å². The van der Waals surface area contributed by atoms with Crippen molar-refractivity contribution in [2.75, 3.05) is 13.7 Å². The first-order valence-corrected chi connectivity index (χ1v) is 4.28. The van der Waals surface area contributed by atoms with Crippen LogP contribution < -0.4 is 10.5 Å². The van der Waals surface area contributed by atoms with Gasteiger partial charge in [0.25, 0.3) is 0 Å². The van der Waals surface area contributed by atoms with E-state index >= 15 is 0 Å². The van der Waals surface area contributed by atoms with Crippen molar-refractivity contribution in [3.05, 3.63) is 28.8 Å². The average Bonchev–Trinajstić information content (AvgIpc) is 2.16. The molecule has 0 heterocycles. The zero-order valence-corrected chi connectivity index (χ0v) is 8.08. The van der Waals surface area contributed by atoms with Gasteiger partial charge in [0.1, 0.15) is 5.75 Å². The number of methoxy groups -OCH3 is 1. The predicted octanol–water partition coefficient (Wildman–Crippen LogP) is 1.34. The average molecular weight is 202 g/mol. The predicted molar refractivity (Wildman–Crippen MR) is 52.0 cm³/mol. The van der Waals surface area contributed by atoms with Crippen LogP contribution in [0.15, 0.2) is 18.2 Å². The fraction of sp³-hybridized carbons (Fsp3) is 0.333. The largest absolute Gasteiger partial charge is 0.495 e. The summed E-state index contributed by atoms with van der Waals surface area (Å²) in [6.07, 6.45) is -0.664. The first kappa shape index (κ1) is 10.3. The van der Waals surface area contributed by atoms with Crippen molar-refractivity contribution in [3.8, 4) is 5.75 Å². The summed E-state index contributed by atoms with van der Waals surface area (Å²) in [4.78, 5) is 0. The molecule has 3 N–H and O–H groups in total. The van der Waals surface area contributed by atoms with Gasteiger partial charge in [-0.3, -0.25) is 0 Å². The van der Waals surface area contributed by atoms with Crippen molar-refractivity contribution in [2.45, 2.75) is 6.10 Å². The summed E-state index contributed by atoms with van der Waals surface area (Å²) in [5.74, 6) is 0.592. The summed E-state index contributed by atoms with van der Waals surface area (Å²) in [7, 11) is 1.54. The summed E-state index contributed by atoms with van der Waals surface area (Å²) in [5.41, 5.74) is 6.00. The molecule has 0 amide bonds. The molecular formula is C9H12ClNO2. The number of aliphatic hydroxyl groups excluding tert-OH is 1. The Morgan fingerprint density at radius 1 is 1.62 bits per heavy atom. The highest BCUT2D eigenvalue weighted by atomic mass is 35.5. The van der Waals surface area contributed by atoms with Crippen LogP contribution in [0.3, 0.4) is 0 Å². The third-order valence-corrected chi connectivity index (χ3v) is 2.08. The van der Waals surface area contributed by atoms with Crippen LogP contribution in [0.1, 0.15) is 11.7 Å². The molecule has 72 valence electrons. The molecule has 1 atom stereocenters. The quantitative estimate of drug-likeness (QED) is 0.776. The van der Waals surface area contributed by atoms with Crippen molar-refractivity contribution in [3.63, 3.8) is 0 Å². The number of benzene rings is 1. The van der Waals surface area contributed by atoms with Crippen molar-refractivity contribution in [2.24, 2.45) is 5.73 Å². The third-order valence-electron chi connectivity index (χ3n) is 1.78. The van der Waals surface area contributed by atoms with E-state index in [9.17, 15) is 5.11 Å². The van der Waals surface area contributed by atoms with Crippen LogP contribution in [0, 0.1) is 0 Å². The first-order valence-electron chi connectivity index (χ1n) is 3.90. The van der Waals surface area contributed by atoms with Gasteiger partial charge in [-0.2, -0.15) is 0 Å². The van der Waals surface area contributed by atoms with Crippen molar-refractivity contribution in [1.29, 1.82) is 0 Å². The van der Waals surface area contributed by atoms with E-state index < -0.39 is 6.10 Å². The highest BCUT2D eigenvalue weighted by Crippen LogP contribution is 2.27. The summed E-state index contributed by atoms with van der Waals surface area (Å²) < 4.78 is 4.97. The van der Waals surface area contributed by atoms with E-state index in [2.05, 4.69) is 0 Å². The zero-order chi connectivity index (χ0) is 9.84. The molecule has 0 aliphatic heterocycles. The minimum absolute atomic E-state index is 0.183. The van der Waals surface area contributed by atoms with Gasteiger partial charge in [0.2, 0.25) is 0 Å². The lowest BCUT2D eigenvalue weighted by atomic mass is 10.1. The molecule has 3 nitrogen and oxygen atoms in total. The lowest BCUT2D eigenvalue weighted by Crippen LogP contribution is -2.11. The molecule has 0 saturated carbocycles. The molecule has 1 rings (SSSR count). The molecule has 0 saturated heterocycles. The number of hydrogen-bond acceptors (Lipinski definition) is 3. The first-order chi connectivity index (χ1) is 6.19. The number of nitrogens with two attached hydrogens (primary N) is 1. The molecule has 0 spiro atoms. The monoisotopic (exact) mass is 201 g/mol. The zero-order valence-electron chi connectivity index (χ0n) is 7.33. The van der Waals surface area contributed by atoms with Crippen LogP contribution in [-0.2, 0) is 0 Å². The van der Waals surface area contributed by atoms with Gasteiger partial charge < -0.3 is 15.6 Å². The molecular weight excluding hydrogens is 190 g/mol. The van der Waals surface area contributed by atoms with Gasteiger partial charge in [-0.05, 0) is 17.7 Å². The van der Waals surface area contributed by atoms with Crippen LogP contribution in [0.25, 0.3) is 0 Å². The van der Waals surface area contributed by atoms with Crippen LogP contribution in [0.4, 0.5) is 0 Å². The lowest BCUT2D eigenvalue weighted by molar-refractivity contribution is 0.186. The van der Waals surface area contributed by atoms with Crippen LogP contribution >= 0.6 is 11.6 Å². The van der Waals surface area contributed by atoms with Gasteiger partial charge in [-0.1, -0.05) is 17.7 Å². The Morgan fingerprint density at radius 3 is 2.77 bits per heavy atom. The van der Waals surface area contributed by atoms with Gasteiger partial charge in [0, 0.05) is 6.54 Å². The fourth-order valence-corrected chi connectivity index (χ4v) is 1.29. The minimum atomic E-state index is -0.664. The Balaban J connectivity index is 2.95. The number of hydrogen-bond donors (Lipinski definition) is 2. The highest BCUT2D eigenvalue weighted by molar-refractivity contribution is 6.32. The Hall–Kier alpha value is -0.770. The van der Waals surface area contributed by atoms with E-state index in [-0.39, 0.29) is 6.54 Å². The maximum Gasteiger partial charge on any atom is 0.137 e. The number of ether oxygens (including phenoxy) is 1. The number of halogens is 1. The maximum atomic E-state index is 9.39. The third kappa shape index (κ3) is 2.34. The van der Waals surface area contributed by atoms with E-state index in [4.69, 9.17) is 22.1 Å². The lowest BCUT2D eigenvalue weighted by Gasteiger charge is -2.09. The molecule has 0 bridgehead atoms. The topological polar surface area (TPSA) is 55.5 Å². The molecule has 0 aromatic heterocycles. The standard InChI is InChI=1S/C9H12ClNO2/c1-13-9-3-2-6(4-7(9)10)8(12)5-11/h2-4,8,12H,5,11H2,1H3/t8-/m0/s1. The van der Waals surface area contributed by atoms with Gasteiger partial charge in [0.05, 0.1) is 18.2 Å². The second kappa shape index (κ2) is 4.46. The van der Waals surface area contributed by atoms with E-state index in [0.29, 0.717) is 16.3 Å². The van der Waals surface area contributed by atoms with Gasteiger partial charge in [-0.15, -0.1) is 0 Å². The SMILES string of the molecule is COc1ccc([C@@H](O)CN)cc1Cl. The van der Waals surface area contributed by atoms with Crippen LogP contribution in [0.5, 0.6) is 5.75 Å². The Morgan fingerprint density at radius 2 is 2.31 bits per heavy atom. The fourth-order valence-electron chi connectivity index (χ4n) is 1.03. The Kier molecular flexibility index (Phi) is 3.54. The van der Waals surface area contributed by atoms with Gasteiger partial charge >= 0.3 is 0 Å². The second-order valence-corrected chi connectivity index (χ2v) is 3.05. The molecule has 1 aromatic rings. The van der Waals surface area contributed by atoms with E-state index in [0.717, 1.165) is 0 Å². The molecule has 4 heteroatoms. The Bertz CT molecular complexity index is 291. The molecule has 13 heavy (non-hydrogen) atoms. The van der Waals surface area contributed by atoms with Crippen LogP contribution in [0.2, 0.25) is 5.02 Å². The summed E-state index contributed by atoms with van der Waals surface area (Å²) in [6, 6.07) is 5.09. The summed E-state index contributed by atoms with van der Waals surface area (Å²) in [6.45, 7) is 0.183. The smallest absolute Gasteiger partial charge is 0.137 e. The summed E-state index contributed by atoms with van der Waals surface area (Å²) in [5, 5.41) is 9.87. The van der Waals surface area contributed by atoms with Gasteiger partial charge in [0.15, 0.2) is 0 Å². The van der Waals surface area contributed by atoms with E-state index in [1.54, 1.807) is 25.3 Å². The molecule has 0 radical (unpaired) electrons. The maximum absolute atomic E-state index is 9.39. The summed E-state index contributed by atoms with van der Waals surface area (Å²) >= 11 is 5.85. The number of rotatable bonds is 3. The van der Waals surface area contributed by atoms with Crippen molar-refractivity contribution < 1.29 is 9.84 Å². The van der Waals surface area contributed by atoms with Gasteiger partial charge in [-0.25, -0.2) is 0 Å². The number of aliphatic hydroxyl groups is 1. The van der Waals surface area contributed by atoms with Crippen molar-refractivity contribution >= 4 is 11.6 Å². The van der Waals surface area contributed by atoms with E-state index in [1.807, 2.05) is 0 Å². The van der Waals surface area contributed by atoms with Crippen LogP contribution in [-0.4, -0.2) is 18.8 Å². The molecule has 0 aliphatic rings. The molecule has 1 aromatic carbocycles. The molecule has 0 aliphatic carbocycles. The molecule has 0 unspecified atom stereocenters. The second-order valence-electron chi connectivity index (χ2n) is 2.65. The molecule has 0 fully saturated rings. The Labute approximate surface area is 82.1 Å². The van der Waals surface area contributed by atoms with Crippen molar-refractivity contribution in [1.82, 2.24) is 0 Å². The normalized spacial score (nSPS) is 12.6. The highest BCUT2D eigenvalue weighted by Gasteiger charge is 2.07.